The van der Waals surface area contributed by atoms with Crippen molar-refractivity contribution in [2.75, 3.05) is 12.3 Å². The van der Waals surface area contributed by atoms with Gasteiger partial charge in [0.05, 0.1) is 0 Å². The summed E-state index contributed by atoms with van der Waals surface area (Å²) in [5, 5.41) is 4.69. The second-order valence-electron chi connectivity index (χ2n) is 6.05. The molecule has 0 amide bonds. The van der Waals surface area contributed by atoms with E-state index in [1.807, 2.05) is 0 Å². The summed E-state index contributed by atoms with van der Waals surface area (Å²) in [4.78, 5) is 0. The third kappa shape index (κ3) is 5.21. The van der Waals surface area contributed by atoms with Gasteiger partial charge >= 0.3 is 0 Å². The molecule has 0 aromatic rings. The predicted octanol–water partition coefficient (Wildman–Crippen LogP) is 4.22. The van der Waals surface area contributed by atoms with Gasteiger partial charge in [-0.25, -0.2) is 0 Å². The molecule has 2 aliphatic rings. The zero-order valence-electron chi connectivity index (χ0n) is 11.4. The van der Waals surface area contributed by atoms with Crippen LogP contribution in [0.2, 0.25) is 0 Å². The molecule has 2 saturated carbocycles. The van der Waals surface area contributed by atoms with E-state index in [1.54, 1.807) is 0 Å². The fourth-order valence-electron chi connectivity index (χ4n) is 3.29. The maximum Gasteiger partial charge on any atom is 0.00670 e. The van der Waals surface area contributed by atoms with Gasteiger partial charge in [-0.1, -0.05) is 32.6 Å². The maximum absolute atomic E-state index is 3.71. The van der Waals surface area contributed by atoms with Gasteiger partial charge in [-0.15, -0.1) is 0 Å². The van der Waals surface area contributed by atoms with Crippen LogP contribution in [0.4, 0.5) is 0 Å². The van der Waals surface area contributed by atoms with Crippen LogP contribution in [0.3, 0.4) is 0 Å². The molecule has 2 rings (SSSR count). The summed E-state index contributed by atoms with van der Waals surface area (Å²) < 4.78 is 0. The van der Waals surface area contributed by atoms with Crippen LogP contribution in [0, 0.1) is 5.92 Å². The predicted molar refractivity (Wildman–Crippen MR) is 78.8 cm³/mol. The number of thioether (sulfide) groups is 1. The molecule has 2 fully saturated rings. The van der Waals surface area contributed by atoms with Crippen molar-refractivity contribution >= 4 is 11.8 Å². The van der Waals surface area contributed by atoms with E-state index in [9.17, 15) is 0 Å². The standard InChI is InChI=1S/C15H29NS/c1-13-6-4-9-15(12-13)17-11-5-10-16-14-7-2-3-8-14/h13-16H,2-12H2,1H3. The molecule has 0 bridgehead atoms. The monoisotopic (exact) mass is 255 g/mol. The van der Waals surface area contributed by atoms with Crippen molar-refractivity contribution in [3.8, 4) is 0 Å². The molecule has 1 nitrogen and oxygen atoms in total. The molecule has 0 heterocycles. The van der Waals surface area contributed by atoms with Crippen molar-refractivity contribution in [3.63, 3.8) is 0 Å². The molecule has 100 valence electrons. The van der Waals surface area contributed by atoms with E-state index in [0.717, 1.165) is 17.2 Å². The minimum Gasteiger partial charge on any atom is -0.314 e. The summed E-state index contributed by atoms with van der Waals surface area (Å²) in [6.07, 6.45) is 13.0. The van der Waals surface area contributed by atoms with Crippen LogP contribution in [0.5, 0.6) is 0 Å². The van der Waals surface area contributed by atoms with E-state index in [1.165, 1.54) is 70.1 Å². The van der Waals surface area contributed by atoms with Gasteiger partial charge in [0.15, 0.2) is 0 Å². The summed E-state index contributed by atoms with van der Waals surface area (Å²) in [5.41, 5.74) is 0. The van der Waals surface area contributed by atoms with Crippen molar-refractivity contribution in [3.05, 3.63) is 0 Å². The zero-order chi connectivity index (χ0) is 11.9. The van der Waals surface area contributed by atoms with E-state index < -0.39 is 0 Å². The second kappa shape index (κ2) is 7.68. The Kier molecular flexibility index (Phi) is 6.21. The molecule has 0 aliphatic heterocycles. The Morgan fingerprint density at radius 1 is 1.06 bits per heavy atom. The molecule has 0 saturated heterocycles. The lowest BCUT2D eigenvalue weighted by Crippen LogP contribution is -2.27. The third-order valence-corrected chi connectivity index (χ3v) is 5.78. The van der Waals surface area contributed by atoms with Gasteiger partial charge in [-0.2, -0.15) is 11.8 Å². The van der Waals surface area contributed by atoms with Gasteiger partial charge < -0.3 is 5.32 Å². The highest BCUT2D eigenvalue weighted by Crippen LogP contribution is 2.32. The molecule has 17 heavy (non-hydrogen) atoms. The fourth-order valence-corrected chi connectivity index (χ4v) is 4.73. The van der Waals surface area contributed by atoms with Crippen LogP contribution >= 0.6 is 11.8 Å². The van der Waals surface area contributed by atoms with Gasteiger partial charge in [-0.05, 0) is 50.3 Å². The fraction of sp³-hybridized carbons (Fsp3) is 1.00. The zero-order valence-corrected chi connectivity index (χ0v) is 12.2. The first-order valence-corrected chi connectivity index (χ1v) is 8.74. The summed E-state index contributed by atoms with van der Waals surface area (Å²) in [5.74, 6) is 2.36. The van der Waals surface area contributed by atoms with E-state index in [-0.39, 0.29) is 0 Å². The number of rotatable bonds is 6. The van der Waals surface area contributed by atoms with Crippen LogP contribution in [-0.2, 0) is 0 Å². The molecule has 0 aromatic heterocycles. The molecule has 2 unspecified atom stereocenters. The number of hydrogen-bond donors (Lipinski definition) is 1. The minimum absolute atomic E-state index is 0.856. The molecule has 1 N–H and O–H groups in total. The number of hydrogen-bond acceptors (Lipinski definition) is 2. The Bertz CT molecular complexity index is 201. The Morgan fingerprint density at radius 3 is 2.65 bits per heavy atom. The van der Waals surface area contributed by atoms with Crippen molar-refractivity contribution in [1.29, 1.82) is 0 Å². The first-order valence-electron chi connectivity index (χ1n) is 7.69. The summed E-state index contributed by atoms with van der Waals surface area (Å²) in [7, 11) is 0. The molecular weight excluding hydrogens is 226 g/mol. The SMILES string of the molecule is CC1CCCC(SCCCNC2CCCC2)C1. The van der Waals surface area contributed by atoms with Crippen molar-refractivity contribution < 1.29 is 0 Å². The summed E-state index contributed by atoms with van der Waals surface area (Å²) in [6, 6.07) is 0.856. The highest BCUT2D eigenvalue weighted by atomic mass is 32.2. The Balaban J connectivity index is 1.45. The molecular formula is C15H29NS. The molecule has 0 radical (unpaired) electrons. The Hall–Kier alpha value is 0.310. The van der Waals surface area contributed by atoms with Crippen LogP contribution < -0.4 is 5.32 Å². The van der Waals surface area contributed by atoms with Gasteiger partial charge in [0.2, 0.25) is 0 Å². The molecule has 2 atom stereocenters. The highest BCUT2D eigenvalue weighted by molar-refractivity contribution is 7.99. The van der Waals surface area contributed by atoms with E-state index >= 15 is 0 Å². The average molecular weight is 255 g/mol. The van der Waals surface area contributed by atoms with Crippen LogP contribution in [-0.4, -0.2) is 23.6 Å². The third-order valence-electron chi connectivity index (χ3n) is 4.35. The lowest BCUT2D eigenvalue weighted by molar-refractivity contribution is 0.394. The quantitative estimate of drug-likeness (QED) is 0.713. The average Bonchev–Trinajstić information content (AvgIpc) is 2.82. The van der Waals surface area contributed by atoms with E-state index in [2.05, 4.69) is 24.0 Å². The smallest absolute Gasteiger partial charge is 0.00670 e. The van der Waals surface area contributed by atoms with Crippen molar-refractivity contribution in [2.24, 2.45) is 5.92 Å². The Morgan fingerprint density at radius 2 is 1.88 bits per heavy atom. The first-order chi connectivity index (χ1) is 8.34. The topological polar surface area (TPSA) is 12.0 Å². The van der Waals surface area contributed by atoms with Gasteiger partial charge in [0.1, 0.15) is 0 Å². The molecule has 2 aliphatic carbocycles. The normalized spacial score (nSPS) is 30.9. The summed E-state index contributed by atoms with van der Waals surface area (Å²) >= 11 is 2.24. The number of nitrogens with one attached hydrogen (secondary N) is 1. The second-order valence-corrected chi connectivity index (χ2v) is 7.46. The van der Waals surface area contributed by atoms with E-state index in [4.69, 9.17) is 0 Å². The van der Waals surface area contributed by atoms with Gasteiger partial charge in [0, 0.05) is 11.3 Å². The molecule has 2 heteroatoms. The van der Waals surface area contributed by atoms with Crippen molar-refractivity contribution in [2.45, 2.75) is 76.0 Å². The van der Waals surface area contributed by atoms with Gasteiger partial charge in [-0.3, -0.25) is 0 Å². The Labute approximate surface area is 112 Å². The van der Waals surface area contributed by atoms with Crippen molar-refractivity contribution in [1.82, 2.24) is 5.32 Å². The first kappa shape index (κ1) is 13.7. The largest absolute Gasteiger partial charge is 0.314 e. The van der Waals surface area contributed by atoms with Crippen LogP contribution in [0.15, 0.2) is 0 Å². The van der Waals surface area contributed by atoms with Gasteiger partial charge in [0.25, 0.3) is 0 Å². The van der Waals surface area contributed by atoms with Crippen LogP contribution in [0.1, 0.15) is 64.7 Å². The van der Waals surface area contributed by atoms with Crippen LogP contribution in [0.25, 0.3) is 0 Å². The summed E-state index contributed by atoms with van der Waals surface area (Å²) in [6.45, 7) is 3.67. The lowest BCUT2D eigenvalue weighted by Gasteiger charge is -2.26. The molecule has 0 spiro atoms. The van der Waals surface area contributed by atoms with E-state index in [0.29, 0.717) is 0 Å². The minimum atomic E-state index is 0.856. The highest BCUT2D eigenvalue weighted by Gasteiger charge is 2.18. The maximum atomic E-state index is 3.71. The molecule has 0 aromatic carbocycles. The lowest BCUT2D eigenvalue weighted by atomic mass is 9.91.